The summed E-state index contributed by atoms with van der Waals surface area (Å²) in [7, 11) is 0.880. The van der Waals surface area contributed by atoms with Crippen molar-refractivity contribution in [1.82, 2.24) is 13.9 Å². The van der Waals surface area contributed by atoms with E-state index >= 15 is 0 Å². The van der Waals surface area contributed by atoms with Crippen LogP contribution in [0.5, 0.6) is 5.88 Å². The van der Waals surface area contributed by atoms with Crippen molar-refractivity contribution >= 4 is 21.1 Å². The minimum Gasteiger partial charge on any atom is -0.481 e. The number of sulfonamides is 1. The number of rotatable bonds is 7. The molecule has 3 rings (SSSR count). The smallest absolute Gasteiger partial charge is 0.242 e. The maximum Gasteiger partial charge on any atom is 0.242 e. The molecule has 2 aromatic heterocycles. The number of pyridine rings is 1. The Bertz CT molecular complexity index is 1220. The van der Waals surface area contributed by atoms with Gasteiger partial charge in [0, 0.05) is 38.0 Å². The van der Waals surface area contributed by atoms with Crippen molar-refractivity contribution in [3.8, 4) is 17.0 Å². The molecule has 0 unspecified atom stereocenters. The molecule has 0 saturated carbocycles. The number of hydrogen-bond acceptors (Lipinski definition) is 5. The Balaban J connectivity index is 2.28. The summed E-state index contributed by atoms with van der Waals surface area (Å²) in [6.07, 6.45) is 1.33. The van der Waals surface area contributed by atoms with Gasteiger partial charge in [-0.2, -0.15) is 0 Å². The fourth-order valence-electron chi connectivity index (χ4n) is 3.35. The molecule has 160 valence electrons. The van der Waals surface area contributed by atoms with E-state index in [1.165, 1.54) is 27.3 Å². The minimum absolute atomic E-state index is 0.00320. The highest BCUT2D eigenvalue weighted by Crippen LogP contribution is 2.36. The summed E-state index contributed by atoms with van der Waals surface area (Å²) in [6.45, 7) is 1.96. The van der Waals surface area contributed by atoms with Crippen molar-refractivity contribution in [1.29, 1.82) is 0 Å². The van der Waals surface area contributed by atoms with Crippen molar-refractivity contribution in [2.24, 2.45) is 5.73 Å². The Morgan fingerprint density at radius 1 is 1.30 bits per heavy atom. The van der Waals surface area contributed by atoms with Gasteiger partial charge in [0.05, 0.1) is 24.1 Å². The lowest BCUT2D eigenvalue weighted by Crippen LogP contribution is -2.22. The van der Waals surface area contributed by atoms with Crippen LogP contribution in [0.4, 0.5) is 4.39 Å². The largest absolute Gasteiger partial charge is 0.481 e. The number of methoxy groups -OCH3 is 1. The van der Waals surface area contributed by atoms with Crippen LogP contribution in [0.15, 0.2) is 53.2 Å². The molecule has 9 heteroatoms. The molecule has 30 heavy (non-hydrogen) atoms. The van der Waals surface area contributed by atoms with Gasteiger partial charge < -0.3 is 15.0 Å². The molecular weight excluding hydrogens is 407 g/mol. The van der Waals surface area contributed by atoms with Crippen molar-refractivity contribution < 1.29 is 17.5 Å². The van der Waals surface area contributed by atoms with Crippen LogP contribution in [-0.2, 0) is 16.6 Å². The first-order valence-electron chi connectivity index (χ1n) is 9.32. The number of nitrogens with two attached hydrogens (primary N) is 1. The number of fused-ring (bicyclic) bond motifs is 1. The fourth-order valence-corrected chi connectivity index (χ4v) is 4.30. The molecule has 0 fully saturated rings. The van der Waals surface area contributed by atoms with Gasteiger partial charge in [-0.3, -0.25) is 0 Å². The first-order valence-corrected chi connectivity index (χ1v) is 10.8. The summed E-state index contributed by atoms with van der Waals surface area (Å²) in [6, 6.07) is 10.2. The van der Waals surface area contributed by atoms with Crippen LogP contribution < -0.4 is 10.5 Å². The summed E-state index contributed by atoms with van der Waals surface area (Å²) in [5, 5.41) is 0. The average molecular weight is 433 g/mol. The average Bonchev–Trinajstić information content (AvgIpc) is 2.98. The van der Waals surface area contributed by atoms with Crippen LogP contribution in [0.2, 0.25) is 0 Å². The number of allylic oxidation sites excluding steroid dienone is 1. The highest BCUT2D eigenvalue weighted by atomic mass is 32.2. The second kappa shape index (κ2) is 8.55. The zero-order valence-corrected chi connectivity index (χ0v) is 18.2. The standard InChI is InChI=1S/C21H25FN4O3S/c1-14-20(15-6-5-7-17(12-15)30(27,28)25(2)3)21-18(8-9-19(24-21)29-4)26(14)13-16(22)10-11-23/h5-10,12H,11,13,23H2,1-4H3. The molecule has 0 spiro atoms. The molecule has 0 radical (unpaired) electrons. The van der Waals surface area contributed by atoms with Gasteiger partial charge in [-0.15, -0.1) is 0 Å². The highest BCUT2D eigenvalue weighted by molar-refractivity contribution is 7.89. The summed E-state index contributed by atoms with van der Waals surface area (Å²) in [5.41, 5.74) is 8.90. The number of nitrogens with zero attached hydrogens (tertiary/aromatic N) is 3. The summed E-state index contributed by atoms with van der Waals surface area (Å²) >= 11 is 0. The Kier molecular flexibility index (Phi) is 6.25. The van der Waals surface area contributed by atoms with Crippen molar-refractivity contribution in [3.05, 3.63) is 54.0 Å². The zero-order valence-electron chi connectivity index (χ0n) is 17.4. The highest BCUT2D eigenvalue weighted by Gasteiger charge is 2.22. The number of hydrogen-bond donors (Lipinski definition) is 1. The fraction of sp³-hybridized carbons (Fsp3) is 0.286. The molecule has 0 saturated heterocycles. The van der Waals surface area contributed by atoms with Crippen molar-refractivity contribution in [3.63, 3.8) is 0 Å². The molecule has 1 aromatic carbocycles. The SMILES string of the molecule is COc1ccc2c(n1)c(-c1cccc(S(=O)(=O)N(C)C)c1)c(C)n2CC(F)=CCN. The molecule has 3 aromatic rings. The third-order valence-electron chi connectivity index (χ3n) is 4.90. The van der Waals surface area contributed by atoms with Gasteiger partial charge >= 0.3 is 0 Å². The third-order valence-corrected chi connectivity index (χ3v) is 6.71. The molecule has 0 aliphatic carbocycles. The second-order valence-electron chi connectivity index (χ2n) is 6.97. The maximum atomic E-state index is 14.3. The Morgan fingerprint density at radius 2 is 2.03 bits per heavy atom. The molecular formula is C21H25FN4O3S. The monoisotopic (exact) mass is 432 g/mol. The lowest BCUT2D eigenvalue weighted by atomic mass is 10.1. The van der Waals surface area contributed by atoms with Gasteiger partial charge in [0.1, 0.15) is 11.3 Å². The topological polar surface area (TPSA) is 90.5 Å². The van der Waals surface area contributed by atoms with E-state index in [9.17, 15) is 12.8 Å². The van der Waals surface area contributed by atoms with Crippen LogP contribution in [-0.4, -0.2) is 50.0 Å². The van der Waals surface area contributed by atoms with E-state index in [-0.39, 0.29) is 23.8 Å². The first-order chi connectivity index (χ1) is 14.2. The quantitative estimate of drug-likeness (QED) is 0.620. The van der Waals surface area contributed by atoms with Gasteiger partial charge in [-0.25, -0.2) is 22.1 Å². The van der Waals surface area contributed by atoms with Crippen molar-refractivity contribution in [2.45, 2.75) is 18.4 Å². The lowest BCUT2D eigenvalue weighted by Gasteiger charge is -2.12. The molecule has 0 amide bonds. The van der Waals surface area contributed by atoms with Crippen LogP contribution in [0.3, 0.4) is 0 Å². The molecule has 2 heterocycles. The summed E-state index contributed by atoms with van der Waals surface area (Å²) in [5.74, 6) is 0.0553. The molecule has 0 atom stereocenters. The molecule has 0 aliphatic rings. The minimum atomic E-state index is -3.61. The Morgan fingerprint density at radius 3 is 2.67 bits per heavy atom. The molecule has 0 bridgehead atoms. The lowest BCUT2D eigenvalue weighted by molar-refractivity contribution is 0.399. The van der Waals surface area contributed by atoms with Gasteiger partial charge in [-0.1, -0.05) is 12.1 Å². The second-order valence-corrected chi connectivity index (χ2v) is 9.12. The van der Waals surface area contributed by atoms with Crippen LogP contribution in [0.25, 0.3) is 22.2 Å². The van der Waals surface area contributed by atoms with Crippen LogP contribution in [0, 0.1) is 6.92 Å². The van der Waals surface area contributed by atoms with E-state index in [1.807, 2.05) is 19.1 Å². The molecule has 7 nitrogen and oxygen atoms in total. The van der Waals surface area contributed by atoms with E-state index in [1.54, 1.807) is 28.8 Å². The molecule has 2 N–H and O–H groups in total. The number of aromatic nitrogens is 2. The summed E-state index contributed by atoms with van der Waals surface area (Å²) in [4.78, 5) is 4.73. The van der Waals surface area contributed by atoms with Crippen LogP contribution >= 0.6 is 0 Å². The van der Waals surface area contributed by atoms with Crippen molar-refractivity contribution in [2.75, 3.05) is 27.7 Å². The number of halogens is 1. The predicted molar refractivity (Wildman–Crippen MR) is 116 cm³/mol. The van der Waals surface area contributed by atoms with Gasteiger partial charge in [-0.05, 0) is 36.8 Å². The van der Waals surface area contributed by atoms with E-state index in [0.717, 1.165) is 15.6 Å². The predicted octanol–water partition coefficient (Wildman–Crippen LogP) is 3.08. The van der Waals surface area contributed by atoms with E-state index in [0.29, 0.717) is 22.5 Å². The van der Waals surface area contributed by atoms with E-state index in [4.69, 9.17) is 10.5 Å². The molecule has 0 aliphatic heterocycles. The number of benzene rings is 1. The Hall–Kier alpha value is -2.75. The first kappa shape index (κ1) is 21.9. The van der Waals surface area contributed by atoms with Gasteiger partial charge in [0.15, 0.2) is 0 Å². The summed E-state index contributed by atoms with van der Waals surface area (Å²) < 4.78 is 47.7. The maximum absolute atomic E-state index is 14.3. The van der Waals surface area contributed by atoms with E-state index < -0.39 is 10.0 Å². The van der Waals surface area contributed by atoms with Gasteiger partial charge in [0.25, 0.3) is 0 Å². The third kappa shape index (κ3) is 3.96. The van der Waals surface area contributed by atoms with Crippen LogP contribution in [0.1, 0.15) is 5.69 Å². The zero-order chi connectivity index (χ0) is 22.1. The number of ether oxygens (including phenoxy) is 1. The van der Waals surface area contributed by atoms with E-state index in [2.05, 4.69) is 4.98 Å². The Labute approximate surface area is 175 Å². The van der Waals surface area contributed by atoms with Gasteiger partial charge in [0.2, 0.25) is 15.9 Å². The normalized spacial score (nSPS) is 12.7.